The zero-order valence-corrected chi connectivity index (χ0v) is 16.9. The van der Waals surface area contributed by atoms with Gasteiger partial charge in [-0.25, -0.2) is 4.39 Å². The van der Waals surface area contributed by atoms with Crippen molar-refractivity contribution in [1.29, 1.82) is 0 Å². The molecule has 150 valence electrons. The lowest BCUT2D eigenvalue weighted by atomic mass is 9.87. The van der Waals surface area contributed by atoms with Crippen molar-refractivity contribution in [3.8, 4) is 0 Å². The van der Waals surface area contributed by atoms with E-state index in [0.717, 1.165) is 48.6 Å². The molecule has 1 amide bonds. The van der Waals surface area contributed by atoms with Gasteiger partial charge in [-0.15, -0.1) is 11.3 Å². The number of likely N-dealkylation sites (tertiary alicyclic amines) is 1. The molecular formula is C23H24FN3OS. The third-order valence-electron chi connectivity index (χ3n) is 5.44. The van der Waals surface area contributed by atoms with E-state index in [0.29, 0.717) is 5.92 Å². The zero-order valence-electron chi connectivity index (χ0n) is 16.1. The molecule has 1 aliphatic heterocycles. The van der Waals surface area contributed by atoms with Crippen molar-refractivity contribution >= 4 is 17.2 Å². The van der Waals surface area contributed by atoms with Gasteiger partial charge in [0.2, 0.25) is 0 Å². The van der Waals surface area contributed by atoms with Crippen LogP contribution >= 0.6 is 11.3 Å². The molecule has 1 fully saturated rings. The Hall–Kier alpha value is -2.57. The van der Waals surface area contributed by atoms with Gasteiger partial charge in [-0.3, -0.25) is 14.7 Å². The van der Waals surface area contributed by atoms with Gasteiger partial charge in [0.1, 0.15) is 5.82 Å². The zero-order chi connectivity index (χ0) is 20.1. The fourth-order valence-corrected chi connectivity index (χ4v) is 4.58. The topological polar surface area (TPSA) is 45.2 Å². The highest BCUT2D eigenvalue weighted by Gasteiger charge is 2.30. The first-order valence-corrected chi connectivity index (χ1v) is 10.8. The second-order valence-electron chi connectivity index (χ2n) is 7.43. The van der Waals surface area contributed by atoms with Crippen LogP contribution in [0.1, 0.15) is 39.8 Å². The lowest BCUT2D eigenvalue weighted by molar-refractivity contribution is 0.0892. The van der Waals surface area contributed by atoms with Gasteiger partial charge >= 0.3 is 0 Å². The molecule has 4 nitrogen and oxygen atoms in total. The fraction of sp³-hybridized carbons (Fsp3) is 0.304. The predicted molar refractivity (Wildman–Crippen MR) is 113 cm³/mol. The summed E-state index contributed by atoms with van der Waals surface area (Å²) in [5.41, 5.74) is 1.90. The highest BCUT2D eigenvalue weighted by atomic mass is 32.1. The molecule has 0 saturated carbocycles. The van der Waals surface area contributed by atoms with Crippen LogP contribution in [-0.2, 0) is 6.54 Å². The summed E-state index contributed by atoms with van der Waals surface area (Å²) in [6.07, 6.45) is 3.70. The van der Waals surface area contributed by atoms with Crippen LogP contribution in [0.5, 0.6) is 0 Å². The SMILES string of the molecule is O=C(N[C@@H](c1ccccn1)C1CCN(Cc2cccc(F)c2)CC1)c1cccs1. The third kappa shape index (κ3) is 5.08. The van der Waals surface area contributed by atoms with Gasteiger partial charge in [-0.1, -0.05) is 24.3 Å². The molecule has 3 aromatic rings. The van der Waals surface area contributed by atoms with Crippen molar-refractivity contribution in [2.45, 2.75) is 25.4 Å². The summed E-state index contributed by atoms with van der Waals surface area (Å²) >= 11 is 1.45. The number of amides is 1. The van der Waals surface area contributed by atoms with E-state index in [1.165, 1.54) is 17.4 Å². The molecule has 6 heteroatoms. The molecule has 1 saturated heterocycles. The van der Waals surface area contributed by atoms with Gasteiger partial charge in [0, 0.05) is 12.7 Å². The van der Waals surface area contributed by atoms with Gasteiger partial charge in [0.25, 0.3) is 5.91 Å². The smallest absolute Gasteiger partial charge is 0.261 e. The van der Waals surface area contributed by atoms with Crippen LogP contribution in [0, 0.1) is 11.7 Å². The van der Waals surface area contributed by atoms with Crippen molar-refractivity contribution in [3.05, 3.63) is 88.1 Å². The molecule has 0 aliphatic carbocycles. The second kappa shape index (κ2) is 9.29. The average molecular weight is 410 g/mol. The van der Waals surface area contributed by atoms with Crippen LogP contribution in [0.15, 0.2) is 66.2 Å². The molecule has 0 spiro atoms. The summed E-state index contributed by atoms with van der Waals surface area (Å²) in [5, 5.41) is 5.13. The minimum absolute atomic E-state index is 0.0437. The van der Waals surface area contributed by atoms with Crippen LogP contribution < -0.4 is 5.32 Å². The Balaban J connectivity index is 1.43. The van der Waals surface area contributed by atoms with Crippen LogP contribution in [0.25, 0.3) is 0 Å². The maximum Gasteiger partial charge on any atom is 0.261 e. The van der Waals surface area contributed by atoms with E-state index in [9.17, 15) is 9.18 Å². The monoisotopic (exact) mass is 409 g/mol. The van der Waals surface area contributed by atoms with Crippen molar-refractivity contribution < 1.29 is 9.18 Å². The van der Waals surface area contributed by atoms with E-state index in [-0.39, 0.29) is 17.8 Å². The number of thiophene rings is 1. The number of nitrogens with zero attached hydrogens (tertiary/aromatic N) is 2. The normalized spacial score (nSPS) is 16.4. The van der Waals surface area contributed by atoms with E-state index < -0.39 is 0 Å². The number of carbonyl (C=O) groups excluding carboxylic acids is 1. The van der Waals surface area contributed by atoms with Gasteiger partial charge in [0.05, 0.1) is 16.6 Å². The Kier molecular flexibility index (Phi) is 6.32. The van der Waals surface area contributed by atoms with Crippen LogP contribution in [0.2, 0.25) is 0 Å². The highest BCUT2D eigenvalue weighted by molar-refractivity contribution is 7.12. The lowest BCUT2D eigenvalue weighted by Crippen LogP contribution is -2.40. The lowest BCUT2D eigenvalue weighted by Gasteiger charge is -2.36. The van der Waals surface area contributed by atoms with Gasteiger partial charge in [0.15, 0.2) is 0 Å². The highest BCUT2D eigenvalue weighted by Crippen LogP contribution is 2.31. The molecule has 1 atom stereocenters. The van der Waals surface area contributed by atoms with E-state index in [2.05, 4.69) is 15.2 Å². The summed E-state index contributed by atoms with van der Waals surface area (Å²) in [7, 11) is 0. The Morgan fingerprint density at radius 2 is 2.03 bits per heavy atom. The molecule has 1 aromatic carbocycles. The van der Waals surface area contributed by atoms with E-state index >= 15 is 0 Å². The molecule has 1 aliphatic rings. The van der Waals surface area contributed by atoms with Crippen molar-refractivity contribution in [2.24, 2.45) is 5.92 Å². The standard InChI is InChI=1S/C23H24FN3OS/c24-19-6-3-5-17(15-19)16-27-12-9-18(10-13-27)22(20-7-1-2-11-25-20)26-23(28)21-8-4-14-29-21/h1-8,11,14-15,18,22H,9-10,12-13,16H2,(H,26,28)/t22-/m1/s1. The molecule has 0 bridgehead atoms. The molecule has 3 heterocycles. The summed E-state index contributed by atoms with van der Waals surface area (Å²) in [5.74, 6) is 0.0827. The quantitative estimate of drug-likeness (QED) is 0.644. The maximum atomic E-state index is 13.5. The van der Waals surface area contributed by atoms with Crippen LogP contribution in [0.4, 0.5) is 4.39 Å². The number of hydrogen-bond acceptors (Lipinski definition) is 4. The Labute approximate surface area is 174 Å². The largest absolute Gasteiger partial charge is 0.343 e. The summed E-state index contributed by atoms with van der Waals surface area (Å²) in [4.78, 5) is 20.3. The Bertz CT molecular complexity index is 924. The first-order valence-electron chi connectivity index (χ1n) is 9.91. The van der Waals surface area contributed by atoms with Crippen LogP contribution in [-0.4, -0.2) is 28.9 Å². The van der Waals surface area contributed by atoms with E-state index in [1.54, 1.807) is 18.3 Å². The number of benzene rings is 1. The van der Waals surface area contributed by atoms with Gasteiger partial charge < -0.3 is 5.32 Å². The first kappa shape index (κ1) is 19.7. The molecule has 4 rings (SSSR count). The molecule has 29 heavy (non-hydrogen) atoms. The number of halogens is 1. The summed E-state index contributed by atoms with van der Waals surface area (Å²) in [6, 6.07) is 16.3. The summed E-state index contributed by atoms with van der Waals surface area (Å²) < 4.78 is 13.5. The number of piperidine rings is 1. The number of hydrogen-bond donors (Lipinski definition) is 1. The van der Waals surface area contributed by atoms with Crippen molar-refractivity contribution in [2.75, 3.05) is 13.1 Å². The number of pyridine rings is 1. The van der Waals surface area contributed by atoms with Gasteiger partial charge in [-0.05, 0) is 73.1 Å². The fourth-order valence-electron chi connectivity index (χ4n) is 3.95. The Morgan fingerprint density at radius 1 is 1.17 bits per heavy atom. The number of carbonyl (C=O) groups is 1. The van der Waals surface area contributed by atoms with Crippen molar-refractivity contribution in [1.82, 2.24) is 15.2 Å². The minimum atomic E-state index is -0.191. The molecule has 2 aromatic heterocycles. The van der Waals surface area contributed by atoms with E-state index in [1.807, 2.05) is 41.8 Å². The van der Waals surface area contributed by atoms with Crippen molar-refractivity contribution in [3.63, 3.8) is 0 Å². The first-order chi connectivity index (χ1) is 14.2. The predicted octanol–water partition coefficient (Wildman–Crippen LogP) is 4.67. The third-order valence-corrected chi connectivity index (χ3v) is 6.31. The van der Waals surface area contributed by atoms with Crippen LogP contribution in [0.3, 0.4) is 0 Å². The van der Waals surface area contributed by atoms with Gasteiger partial charge in [-0.2, -0.15) is 0 Å². The van der Waals surface area contributed by atoms with E-state index in [4.69, 9.17) is 0 Å². The minimum Gasteiger partial charge on any atom is -0.343 e. The maximum absolute atomic E-state index is 13.5. The molecule has 0 unspecified atom stereocenters. The number of nitrogens with one attached hydrogen (secondary N) is 1. The second-order valence-corrected chi connectivity index (χ2v) is 8.37. The number of aromatic nitrogens is 1. The Morgan fingerprint density at radius 3 is 2.72 bits per heavy atom. The molecule has 0 radical (unpaired) electrons. The molecule has 1 N–H and O–H groups in total. The summed E-state index contributed by atoms with van der Waals surface area (Å²) in [6.45, 7) is 2.58. The average Bonchev–Trinajstić information content (AvgIpc) is 3.28. The number of rotatable bonds is 6. The molecular weight excluding hydrogens is 385 g/mol.